The number of esters is 1. The van der Waals surface area contributed by atoms with E-state index in [4.69, 9.17) is 17.0 Å². The van der Waals surface area contributed by atoms with Gasteiger partial charge < -0.3 is 15.4 Å². The normalized spacial score (nSPS) is 21.8. The second-order valence-corrected chi connectivity index (χ2v) is 6.63. The summed E-state index contributed by atoms with van der Waals surface area (Å²) >= 11 is 5.27. The second kappa shape index (κ2) is 7.13. The topological polar surface area (TPSA) is 50.4 Å². The van der Waals surface area contributed by atoms with E-state index >= 15 is 0 Å². The lowest BCUT2D eigenvalue weighted by Crippen LogP contribution is -2.52. The number of hydrogen-bond acceptors (Lipinski definition) is 3. The zero-order chi connectivity index (χ0) is 16.2. The fraction of sp³-hybridized carbons (Fsp3) is 0.444. The Morgan fingerprint density at radius 2 is 1.96 bits per heavy atom. The van der Waals surface area contributed by atoms with Crippen LogP contribution in [-0.2, 0) is 16.1 Å². The van der Waals surface area contributed by atoms with E-state index in [1.54, 1.807) is 0 Å². The molecule has 1 aromatic carbocycles. The van der Waals surface area contributed by atoms with Gasteiger partial charge in [0.05, 0.1) is 11.6 Å². The van der Waals surface area contributed by atoms with E-state index < -0.39 is 0 Å². The average molecular weight is 330 g/mol. The van der Waals surface area contributed by atoms with Crippen molar-refractivity contribution in [1.82, 2.24) is 10.6 Å². The van der Waals surface area contributed by atoms with Crippen LogP contribution in [0.1, 0.15) is 38.2 Å². The number of carbonyl (C=O) groups excluding carboxylic acids is 1. The van der Waals surface area contributed by atoms with E-state index in [1.807, 2.05) is 37.3 Å². The standard InChI is InChI=1S/C18H22N2O2S/c1-12-15(17(21)22-11-13-7-3-2-4-8-13)16(20-18(23)19-12)14-9-5-6-10-14/h2-4,7-8,14,16H,5-6,9-11H2,1H3,(H2,19,20,23). The molecule has 0 bridgehead atoms. The monoisotopic (exact) mass is 330 g/mol. The Kier molecular flexibility index (Phi) is 4.96. The first-order valence-electron chi connectivity index (χ1n) is 8.14. The van der Waals surface area contributed by atoms with Crippen LogP contribution in [0.25, 0.3) is 0 Å². The number of thiocarbonyl (C=S) groups is 1. The van der Waals surface area contributed by atoms with Gasteiger partial charge in [0, 0.05) is 5.70 Å². The van der Waals surface area contributed by atoms with Gasteiger partial charge in [-0.2, -0.15) is 0 Å². The van der Waals surface area contributed by atoms with Gasteiger partial charge >= 0.3 is 5.97 Å². The highest BCUT2D eigenvalue weighted by molar-refractivity contribution is 7.80. The maximum absolute atomic E-state index is 12.7. The van der Waals surface area contributed by atoms with Gasteiger partial charge in [-0.15, -0.1) is 0 Å². The summed E-state index contributed by atoms with van der Waals surface area (Å²) in [6, 6.07) is 9.71. The molecular formula is C18H22N2O2S. The van der Waals surface area contributed by atoms with Crippen LogP contribution in [-0.4, -0.2) is 17.1 Å². The molecule has 3 rings (SSSR count). The van der Waals surface area contributed by atoms with Crippen LogP contribution in [0, 0.1) is 5.92 Å². The predicted octanol–water partition coefficient (Wildman–Crippen LogP) is 3.04. The molecule has 4 nitrogen and oxygen atoms in total. The van der Waals surface area contributed by atoms with Crippen molar-refractivity contribution in [2.45, 2.75) is 45.3 Å². The fourth-order valence-electron chi connectivity index (χ4n) is 3.45. The zero-order valence-electron chi connectivity index (χ0n) is 13.3. The molecule has 122 valence electrons. The minimum atomic E-state index is -0.259. The number of allylic oxidation sites excluding steroid dienone is 1. The summed E-state index contributed by atoms with van der Waals surface area (Å²) in [6.07, 6.45) is 4.69. The third kappa shape index (κ3) is 3.72. The molecule has 1 heterocycles. The molecule has 0 aromatic heterocycles. The number of ether oxygens (including phenoxy) is 1. The highest BCUT2D eigenvalue weighted by Crippen LogP contribution is 2.33. The van der Waals surface area contributed by atoms with Crippen molar-refractivity contribution >= 4 is 23.3 Å². The highest BCUT2D eigenvalue weighted by atomic mass is 32.1. The largest absolute Gasteiger partial charge is 0.457 e. The van der Waals surface area contributed by atoms with E-state index in [9.17, 15) is 4.79 Å². The number of rotatable bonds is 4. The Hall–Kier alpha value is -1.88. The minimum absolute atomic E-state index is 0.0328. The lowest BCUT2D eigenvalue weighted by molar-refractivity contribution is -0.141. The Balaban J connectivity index is 1.74. The molecule has 0 saturated heterocycles. The number of carbonyl (C=O) groups is 1. The predicted molar refractivity (Wildman–Crippen MR) is 93.6 cm³/mol. The summed E-state index contributed by atoms with van der Waals surface area (Å²) in [6.45, 7) is 2.19. The van der Waals surface area contributed by atoms with Crippen molar-refractivity contribution in [3.8, 4) is 0 Å². The smallest absolute Gasteiger partial charge is 0.338 e. The molecule has 0 spiro atoms. The number of nitrogens with one attached hydrogen (secondary N) is 2. The molecule has 1 aromatic rings. The first-order valence-corrected chi connectivity index (χ1v) is 8.55. The third-order valence-corrected chi connectivity index (χ3v) is 4.83. The molecule has 2 aliphatic rings. The van der Waals surface area contributed by atoms with Crippen LogP contribution in [0.3, 0.4) is 0 Å². The van der Waals surface area contributed by atoms with Crippen molar-refractivity contribution in [1.29, 1.82) is 0 Å². The summed E-state index contributed by atoms with van der Waals surface area (Å²) in [4.78, 5) is 12.7. The summed E-state index contributed by atoms with van der Waals surface area (Å²) in [5, 5.41) is 6.94. The van der Waals surface area contributed by atoms with E-state index in [2.05, 4.69) is 10.6 Å². The lowest BCUT2D eigenvalue weighted by Gasteiger charge is -2.33. The molecule has 23 heavy (non-hydrogen) atoms. The Bertz CT molecular complexity index is 621. The van der Waals surface area contributed by atoms with Crippen LogP contribution < -0.4 is 10.6 Å². The molecular weight excluding hydrogens is 308 g/mol. The van der Waals surface area contributed by atoms with Crippen LogP contribution in [0.2, 0.25) is 0 Å². The molecule has 1 unspecified atom stereocenters. The van der Waals surface area contributed by atoms with E-state index in [-0.39, 0.29) is 18.6 Å². The van der Waals surface area contributed by atoms with Crippen molar-refractivity contribution in [2.75, 3.05) is 0 Å². The number of benzene rings is 1. The second-order valence-electron chi connectivity index (χ2n) is 6.22. The minimum Gasteiger partial charge on any atom is -0.457 e. The van der Waals surface area contributed by atoms with Crippen LogP contribution in [0.15, 0.2) is 41.6 Å². The first-order chi connectivity index (χ1) is 11.1. The van der Waals surface area contributed by atoms with Gasteiger partial charge in [0.15, 0.2) is 5.11 Å². The Morgan fingerprint density at radius 1 is 1.26 bits per heavy atom. The molecule has 0 radical (unpaired) electrons. The highest BCUT2D eigenvalue weighted by Gasteiger charge is 2.36. The van der Waals surface area contributed by atoms with Gasteiger partial charge in [-0.25, -0.2) is 4.79 Å². The molecule has 1 atom stereocenters. The van der Waals surface area contributed by atoms with Crippen LogP contribution in [0.5, 0.6) is 0 Å². The van der Waals surface area contributed by atoms with Crippen molar-refractivity contribution < 1.29 is 9.53 Å². The van der Waals surface area contributed by atoms with E-state index in [1.165, 1.54) is 12.8 Å². The number of hydrogen-bond donors (Lipinski definition) is 2. The van der Waals surface area contributed by atoms with Crippen LogP contribution in [0.4, 0.5) is 0 Å². The van der Waals surface area contributed by atoms with Crippen molar-refractivity contribution in [2.24, 2.45) is 5.92 Å². The molecule has 1 aliphatic carbocycles. The van der Waals surface area contributed by atoms with E-state index in [0.29, 0.717) is 16.6 Å². The third-order valence-electron chi connectivity index (χ3n) is 4.61. The first kappa shape index (κ1) is 16.0. The van der Waals surface area contributed by atoms with Gasteiger partial charge in [-0.3, -0.25) is 0 Å². The van der Waals surface area contributed by atoms with Gasteiger partial charge in [-0.1, -0.05) is 43.2 Å². The van der Waals surface area contributed by atoms with E-state index in [0.717, 1.165) is 24.1 Å². The summed E-state index contributed by atoms with van der Waals surface area (Å²) in [7, 11) is 0. The molecule has 5 heteroatoms. The van der Waals surface area contributed by atoms with Gasteiger partial charge in [0.25, 0.3) is 0 Å². The fourth-order valence-corrected chi connectivity index (χ4v) is 3.73. The summed E-state index contributed by atoms with van der Waals surface area (Å²) in [5.74, 6) is 0.190. The lowest BCUT2D eigenvalue weighted by atomic mass is 9.89. The summed E-state index contributed by atoms with van der Waals surface area (Å²) < 4.78 is 5.54. The maximum atomic E-state index is 12.7. The Labute approximate surface area is 142 Å². The molecule has 1 aliphatic heterocycles. The van der Waals surface area contributed by atoms with Crippen molar-refractivity contribution in [3.63, 3.8) is 0 Å². The molecule has 1 fully saturated rings. The van der Waals surface area contributed by atoms with Crippen molar-refractivity contribution in [3.05, 3.63) is 47.2 Å². The summed E-state index contributed by atoms with van der Waals surface area (Å²) in [5.41, 5.74) is 2.49. The maximum Gasteiger partial charge on any atom is 0.338 e. The quantitative estimate of drug-likeness (QED) is 0.656. The zero-order valence-corrected chi connectivity index (χ0v) is 14.1. The van der Waals surface area contributed by atoms with Gasteiger partial charge in [0.2, 0.25) is 0 Å². The molecule has 0 amide bonds. The average Bonchev–Trinajstić information content (AvgIpc) is 3.07. The molecule has 2 N–H and O–H groups in total. The Morgan fingerprint density at radius 3 is 2.65 bits per heavy atom. The van der Waals surface area contributed by atoms with Crippen LogP contribution >= 0.6 is 12.2 Å². The van der Waals surface area contributed by atoms with Gasteiger partial charge in [0.1, 0.15) is 6.61 Å². The molecule has 1 saturated carbocycles. The van der Waals surface area contributed by atoms with Gasteiger partial charge in [-0.05, 0) is 43.5 Å². The SMILES string of the molecule is CC1=C(C(=O)OCc2ccccc2)C(C2CCCC2)NC(=S)N1.